The third kappa shape index (κ3) is 3.88. The summed E-state index contributed by atoms with van der Waals surface area (Å²) in [6.45, 7) is 0. The Balaban J connectivity index is 1.44. The van der Waals surface area contributed by atoms with Crippen LogP contribution in [-0.4, -0.2) is 25.4 Å². The molecule has 2 aliphatic rings. The minimum Gasteiger partial charge on any atom is -0.349 e. The third-order valence-corrected chi connectivity index (χ3v) is 6.31. The Morgan fingerprint density at radius 2 is 1.54 bits per heavy atom. The highest BCUT2D eigenvalue weighted by atomic mass is 32.2. The summed E-state index contributed by atoms with van der Waals surface area (Å²) in [5.74, 6) is 1.12. The number of hydrogen-bond acceptors (Lipinski definition) is 4. The van der Waals surface area contributed by atoms with E-state index in [0.717, 1.165) is 0 Å². The first-order valence-electron chi connectivity index (χ1n) is 8.87. The molecule has 1 aromatic heterocycles. The smallest absolute Gasteiger partial charge is 0.261 e. The van der Waals surface area contributed by atoms with Gasteiger partial charge in [-0.2, -0.15) is 0 Å². The first-order valence-corrected chi connectivity index (χ1v) is 10.3. The first kappa shape index (κ1) is 17.0. The molecule has 136 valence electrons. The van der Waals surface area contributed by atoms with Crippen LogP contribution in [0.3, 0.4) is 0 Å². The van der Waals surface area contributed by atoms with E-state index in [1.807, 2.05) is 0 Å². The highest BCUT2D eigenvalue weighted by Gasteiger charge is 2.42. The van der Waals surface area contributed by atoms with Crippen LogP contribution in [0.15, 0.2) is 53.7 Å². The fourth-order valence-electron chi connectivity index (χ4n) is 3.19. The average molecular weight is 371 g/mol. The summed E-state index contributed by atoms with van der Waals surface area (Å²) in [6.07, 6.45) is 7.81. The molecule has 6 nitrogen and oxygen atoms in total. The summed E-state index contributed by atoms with van der Waals surface area (Å²) in [6, 6.07) is 9.48. The van der Waals surface area contributed by atoms with Crippen molar-refractivity contribution in [3.8, 4) is 0 Å². The van der Waals surface area contributed by atoms with Gasteiger partial charge in [-0.25, -0.2) is 8.42 Å². The predicted octanol–water partition coefficient (Wildman–Crippen LogP) is 2.80. The van der Waals surface area contributed by atoms with Gasteiger partial charge in [-0.05, 0) is 73.9 Å². The van der Waals surface area contributed by atoms with Crippen LogP contribution < -0.4 is 10.0 Å². The molecular weight excluding hydrogens is 350 g/mol. The topological polar surface area (TPSA) is 88.2 Å². The maximum Gasteiger partial charge on any atom is 0.261 e. The van der Waals surface area contributed by atoms with Crippen LogP contribution in [0.2, 0.25) is 0 Å². The molecule has 4 rings (SSSR count). The van der Waals surface area contributed by atoms with Crippen LogP contribution in [0.4, 0.5) is 5.69 Å². The van der Waals surface area contributed by atoms with Crippen LogP contribution in [-0.2, 0) is 10.0 Å². The molecule has 2 aliphatic carbocycles. The number of rotatable bonds is 7. The van der Waals surface area contributed by atoms with Gasteiger partial charge in [0.15, 0.2) is 0 Å². The van der Waals surface area contributed by atoms with E-state index < -0.39 is 10.0 Å². The SMILES string of the molecule is O=C(NC(C1CC1)C1CC1)c1ccc(S(=O)(=O)Nc2ccncc2)cc1. The van der Waals surface area contributed by atoms with Crippen molar-refractivity contribution >= 4 is 21.6 Å². The molecule has 0 unspecified atom stereocenters. The van der Waals surface area contributed by atoms with Gasteiger partial charge < -0.3 is 5.32 Å². The van der Waals surface area contributed by atoms with E-state index in [4.69, 9.17) is 0 Å². The van der Waals surface area contributed by atoms with E-state index in [1.165, 1.54) is 50.2 Å². The van der Waals surface area contributed by atoms with E-state index in [9.17, 15) is 13.2 Å². The number of amides is 1. The molecule has 0 spiro atoms. The fraction of sp³-hybridized carbons (Fsp3) is 0.368. The van der Waals surface area contributed by atoms with Crippen LogP contribution in [0.1, 0.15) is 36.0 Å². The highest BCUT2D eigenvalue weighted by molar-refractivity contribution is 7.92. The number of anilines is 1. The second-order valence-corrected chi connectivity index (χ2v) is 8.72. The molecular formula is C19H21N3O3S. The molecule has 2 fully saturated rings. The quantitative estimate of drug-likeness (QED) is 0.783. The van der Waals surface area contributed by atoms with Gasteiger partial charge in [-0.1, -0.05) is 0 Å². The van der Waals surface area contributed by atoms with Gasteiger partial charge in [-0.3, -0.25) is 14.5 Å². The number of carbonyl (C=O) groups is 1. The number of nitrogens with one attached hydrogen (secondary N) is 2. The summed E-state index contributed by atoms with van der Waals surface area (Å²) < 4.78 is 27.3. The van der Waals surface area contributed by atoms with Crippen molar-refractivity contribution < 1.29 is 13.2 Å². The van der Waals surface area contributed by atoms with Crippen LogP contribution in [0.5, 0.6) is 0 Å². The Morgan fingerprint density at radius 3 is 2.08 bits per heavy atom. The summed E-state index contributed by atoms with van der Waals surface area (Å²) in [5.41, 5.74) is 0.928. The molecule has 0 saturated heterocycles. The van der Waals surface area contributed by atoms with Crippen molar-refractivity contribution in [2.75, 3.05) is 4.72 Å². The number of benzene rings is 1. The Labute approximate surface area is 153 Å². The van der Waals surface area contributed by atoms with E-state index >= 15 is 0 Å². The van der Waals surface area contributed by atoms with E-state index in [0.29, 0.717) is 23.1 Å². The number of nitrogens with zero attached hydrogens (tertiary/aromatic N) is 1. The standard InChI is InChI=1S/C19H21N3O3S/c23-19(21-18(13-1-2-13)14-3-4-14)15-5-7-17(8-6-15)26(24,25)22-16-9-11-20-12-10-16/h5-14,18H,1-4H2,(H,20,22)(H,21,23). The average Bonchev–Trinajstić information content (AvgIpc) is 3.54. The van der Waals surface area contributed by atoms with Crippen LogP contribution in [0.25, 0.3) is 0 Å². The number of sulfonamides is 1. The molecule has 7 heteroatoms. The lowest BCUT2D eigenvalue weighted by Gasteiger charge is -2.17. The molecule has 1 amide bonds. The van der Waals surface area contributed by atoms with Gasteiger partial charge >= 0.3 is 0 Å². The maximum absolute atomic E-state index is 12.5. The van der Waals surface area contributed by atoms with Crippen molar-refractivity contribution in [1.82, 2.24) is 10.3 Å². The lowest BCUT2D eigenvalue weighted by molar-refractivity contribution is 0.0926. The largest absolute Gasteiger partial charge is 0.349 e. The van der Waals surface area contributed by atoms with Gasteiger partial charge in [0.2, 0.25) is 0 Å². The van der Waals surface area contributed by atoms with Gasteiger partial charge in [-0.15, -0.1) is 0 Å². The number of hydrogen-bond donors (Lipinski definition) is 2. The Hall–Kier alpha value is -2.41. The first-order chi connectivity index (χ1) is 12.5. The summed E-state index contributed by atoms with van der Waals surface area (Å²) >= 11 is 0. The molecule has 0 radical (unpaired) electrons. The normalized spacial score (nSPS) is 17.1. The Morgan fingerprint density at radius 1 is 0.962 bits per heavy atom. The zero-order valence-corrected chi connectivity index (χ0v) is 15.1. The molecule has 0 bridgehead atoms. The minimum absolute atomic E-state index is 0.117. The Bertz CT molecular complexity index is 877. The van der Waals surface area contributed by atoms with Crippen molar-refractivity contribution in [2.24, 2.45) is 11.8 Å². The predicted molar refractivity (Wildman–Crippen MR) is 98.2 cm³/mol. The molecule has 0 atom stereocenters. The number of pyridine rings is 1. The van der Waals surface area contributed by atoms with Crippen molar-refractivity contribution in [3.05, 3.63) is 54.4 Å². The summed E-state index contributed by atoms with van der Waals surface area (Å²) in [4.78, 5) is 16.5. The number of carbonyl (C=O) groups excluding carboxylic acids is 1. The van der Waals surface area contributed by atoms with Crippen LogP contribution in [0, 0.1) is 11.8 Å². The molecule has 26 heavy (non-hydrogen) atoms. The van der Waals surface area contributed by atoms with Gasteiger partial charge in [0.1, 0.15) is 0 Å². The molecule has 1 heterocycles. The lowest BCUT2D eigenvalue weighted by Crippen LogP contribution is -2.38. The van der Waals surface area contributed by atoms with Crippen molar-refractivity contribution in [2.45, 2.75) is 36.6 Å². The molecule has 2 saturated carbocycles. The second kappa shape index (κ2) is 6.72. The van der Waals surface area contributed by atoms with Gasteiger partial charge in [0.05, 0.1) is 10.6 Å². The van der Waals surface area contributed by atoms with Gasteiger partial charge in [0, 0.05) is 24.0 Å². The Kier molecular flexibility index (Phi) is 4.40. The minimum atomic E-state index is -3.70. The zero-order valence-electron chi connectivity index (χ0n) is 14.3. The molecule has 0 aliphatic heterocycles. The van der Waals surface area contributed by atoms with Crippen LogP contribution >= 0.6 is 0 Å². The molecule has 2 aromatic rings. The molecule has 2 N–H and O–H groups in total. The van der Waals surface area contributed by atoms with Crippen molar-refractivity contribution in [3.63, 3.8) is 0 Å². The molecule has 1 aromatic carbocycles. The van der Waals surface area contributed by atoms with E-state index in [-0.39, 0.29) is 16.8 Å². The van der Waals surface area contributed by atoms with E-state index in [2.05, 4.69) is 15.0 Å². The zero-order chi connectivity index (χ0) is 18.1. The third-order valence-electron chi connectivity index (χ3n) is 4.92. The van der Waals surface area contributed by atoms with E-state index in [1.54, 1.807) is 24.3 Å². The van der Waals surface area contributed by atoms with Gasteiger partial charge in [0.25, 0.3) is 15.9 Å². The summed E-state index contributed by atoms with van der Waals surface area (Å²) in [5, 5.41) is 3.14. The second-order valence-electron chi connectivity index (χ2n) is 7.04. The monoisotopic (exact) mass is 371 g/mol. The summed E-state index contributed by atoms with van der Waals surface area (Å²) in [7, 11) is -3.70. The fourth-order valence-corrected chi connectivity index (χ4v) is 4.24. The maximum atomic E-state index is 12.5. The number of aromatic nitrogens is 1. The highest BCUT2D eigenvalue weighted by Crippen LogP contribution is 2.44. The lowest BCUT2D eigenvalue weighted by atomic mass is 10.1. The van der Waals surface area contributed by atoms with Crippen molar-refractivity contribution in [1.29, 1.82) is 0 Å².